The molecule has 104 valence electrons. The quantitative estimate of drug-likeness (QED) is 0.405. The molecule has 0 unspecified atom stereocenters. The molecule has 3 aliphatic heterocycles. The van der Waals surface area contributed by atoms with Crippen LogP contribution in [0.15, 0.2) is 12.7 Å². The Morgan fingerprint density at radius 2 is 2.16 bits per heavy atom. The van der Waals surface area contributed by atoms with Crippen LogP contribution in [0, 0.1) is 0 Å². The van der Waals surface area contributed by atoms with Gasteiger partial charge in [-0.15, -0.1) is 6.58 Å². The monoisotopic (exact) mass is 267 g/mol. The molecule has 2 amide bonds. The van der Waals surface area contributed by atoms with E-state index >= 15 is 0 Å². The molecule has 0 saturated carbocycles. The smallest absolute Gasteiger partial charge is 0.229 e. The maximum atomic E-state index is 11.7. The van der Waals surface area contributed by atoms with Gasteiger partial charge in [0, 0.05) is 12.8 Å². The van der Waals surface area contributed by atoms with Crippen molar-refractivity contribution in [2.75, 3.05) is 19.8 Å². The predicted octanol–water partition coefficient (Wildman–Crippen LogP) is 0.222. The second-order valence-corrected chi connectivity index (χ2v) is 5.25. The lowest BCUT2D eigenvalue weighted by molar-refractivity contribution is -0.259. The molecule has 0 aromatic rings. The lowest BCUT2D eigenvalue weighted by atomic mass is 9.98. The molecule has 0 N–H and O–H groups in total. The fraction of sp³-hybridized carbons (Fsp3) is 0.692. The molecule has 0 aliphatic carbocycles. The fourth-order valence-corrected chi connectivity index (χ4v) is 2.78. The first kappa shape index (κ1) is 12.8. The van der Waals surface area contributed by atoms with Gasteiger partial charge in [0.15, 0.2) is 0 Å². The summed E-state index contributed by atoms with van der Waals surface area (Å²) in [6.45, 7) is 6.28. The first-order chi connectivity index (χ1) is 9.02. The number of epoxide rings is 1. The minimum atomic E-state index is -1.07. The molecule has 0 radical (unpaired) electrons. The van der Waals surface area contributed by atoms with E-state index in [-0.39, 0.29) is 43.9 Å². The Kier molecular flexibility index (Phi) is 2.78. The van der Waals surface area contributed by atoms with Gasteiger partial charge in [-0.25, -0.2) is 0 Å². The molecule has 3 atom stereocenters. The summed E-state index contributed by atoms with van der Waals surface area (Å²) in [5.74, 6) is -1.42. The van der Waals surface area contributed by atoms with Gasteiger partial charge in [-0.3, -0.25) is 14.5 Å². The number of rotatable bonds is 5. The Morgan fingerprint density at radius 3 is 2.63 bits per heavy atom. The highest BCUT2D eigenvalue weighted by molar-refractivity contribution is 6.02. The number of carbonyl (C=O) groups is 2. The highest BCUT2D eigenvalue weighted by Crippen LogP contribution is 2.53. The van der Waals surface area contributed by atoms with Crippen LogP contribution >= 0.6 is 0 Å². The summed E-state index contributed by atoms with van der Waals surface area (Å²) in [6, 6.07) is 0. The second kappa shape index (κ2) is 4.13. The summed E-state index contributed by atoms with van der Waals surface area (Å²) in [5.41, 5.74) is -0.584. The topological polar surface area (TPSA) is 68.4 Å². The Balaban J connectivity index is 1.82. The van der Waals surface area contributed by atoms with Crippen LogP contribution in [0.4, 0.5) is 0 Å². The lowest BCUT2D eigenvalue weighted by Gasteiger charge is -2.36. The van der Waals surface area contributed by atoms with Gasteiger partial charge in [-0.2, -0.15) is 0 Å². The van der Waals surface area contributed by atoms with Gasteiger partial charge in [-0.05, 0) is 6.92 Å². The van der Waals surface area contributed by atoms with E-state index in [0.717, 1.165) is 0 Å². The van der Waals surface area contributed by atoms with Gasteiger partial charge in [0.25, 0.3) is 0 Å². The van der Waals surface area contributed by atoms with Crippen LogP contribution in [0.3, 0.4) is 0 Å². The van der Waals surface area contributed by atoms with Gasteiger partial charge in [0.1, 0.15) is 11.7 Å². The number of hydrogen-bond acceptors (Lipinski definition) is 5. The van der Waals surface area contributed by atoms with Crippen molar-refractivity contribution < 1.29 is 23.8 Å². The molecular weight excluding hydrogens is 250 g/mol. The van der Waals surface area contributed by atoms with E-state index in [4.69, 9.17) is 14.2 Å². The van der Waals surface area contributed by atoms with Crippen molar-refractivity contribution >= 4 is 11.8 Å². The van der Waals surface area contributed by atoms with Crippen molar-refractivity contribution in [1.29, 1.82) is 0 Å². The normalized spacial score (nSPS) is 40.7. The SMILES string of the molecule is C=CCO[C@@]1(CN2C(=O)CCC2=O)OC[C@@H]2O[C@@]21C. The molecule has 3 aliphatic rings. The molecular formula is C13H17NO5. The van der Waals surface area contributed by atoms with Crippen molar-refractivity contribution in [2.24, 2.45) is 0 Å². The zero-order chi connectivity index (χ0) is 13.7. The van der Waals surface area contributed by atoms with Crippen LogP contribution in [-0.2, 0) is 23.8 Å². The van der Waals surface area contributed by atoms with E-state index in [1.807, 2.05) is 6.92 Å². The first-order valence-electron chi connectivity index (χ1n) is 6.42. The number of likely N-dealkylation sites (tertiary alicyclic amines) is 1. The van der Waals surface area contributed by atoms with E-state index < -0.39 is 11.4 Å². The Bertz CT molecular complexity index is 432. The standard InChI is InChI=1S/C13H17NO5/c1-3-6-17-13(12(2)9(19-12)7-18-13)8-14-10(15)4-5-11(14)16/h3,9H,1,4-8H2,2H3/t9-,12-,13-/m0/s1. The van der Waals surface area contributed by atoms with Gasteiger partial charge in [0.05, 0.1) is 19.8 Å². The molecule has 0 spiro atoms. The van der Waals surface area contributed by atoms with Crippen LogP contribution in [0.1, 0.15) is 19.8 Å². The van der Waals surface area contributed by atoms with Crippen LogP contribution < -0.4 is 0 Å². The zero-order valence-corrected chi connectivity index (χ0v) is 10.9. The van der Waals surface area contributed by atoms with Crippen LogP contribution in [-0.4, -0.2) is 54.0 Å². The molecule has 3 saturated heterocycles. The minimum Gasteiger partial charge on any atom is -0.358 e. The van der Waals surface area contributed by atoms with Crippen LogP contribution in [0.5, 0.6) is 0 Å². The van der Waals surface area contributed by atoms with Gasteiger partial charge in [-0.1, -0.05) is 6.08 Å². The van der Waals surface area contributed by atoms with Crippen molar-refractivity contribution in [3.8, 4) is 0 Å². The third kappa shape index (κ3) is 1.74. The first-order valence-corrected chi connectivity index (χ1v) is 6.42. The molecule has 3 rings (SSSR count). The summed E-state index contributed by atoms with van der Waals surface area (Å²) < 4.78 is 17.1. The molecule has 19 heavy (non-hydrogen) atoms. The van der Waals surface area contributed by atoms with Gasteiger partial charge < -0.3 is 14.2 Å². The highest BCUT2D eigenvalue weighted by atomic mass is 16.8. The van der Waals surface area contributed by atoms with Crippen molar-refractivity contribution in [1.82, 2.24) is 4.90 Å². The fourth-order valence-electron chi connectivity index (χ4n) is 2.78. The third-order valence-corrected chi connectivity index (χ3v) is 4.12. The predicted molar refractivity (Wildman–Crippen MR) is 64.1 cm³/mol. The minimum absolute atomic E-state index is 0.0230. The van der Waals surface area contributed by atoms with E-state index in [2.05, 4.69) is 6.58 Å². The molecule has 0 bridgehead atoms. The van der Waals surface area contributed by atoms with E-state index in [1.54, 1.807) is 6.08 Å². The van der Waals surface area contributed by atoms with Crippen molar-refractivity contribution in [3.63, 3.8) is 0 Å². The van der Waals surface area contributed by atoms with E-state index in [9.17, 15) is 9.59 Å². The third-order valence-electron chi connectivity index (χ3n) is 4.12. The Labute approximate surface area is 111 Å². The maximum Gasteiger partial charge on any atom is 0.229 e. The zero-order valence-electron chi connectivity index (χ0n) is 10.9. The summed E-state index contributed by atoms with van der Waals surface area (Å²) in [6.07, 6.45) is 2.11. The van der Waals surface area contributed by atoms with E-state index in [1.165, 1.54) is 4.90 Å². The van der Waals surface area contributed by atoms with Crippen molar-refractivity contribution in [2.45, 2.75) is 37.3 Å². The van der Waals surface area contributed by atoms with E-state index in [0.29, 0.717) is 6.61 Å². The molecule has 6 heteroatoms. The number of carbonyl (C=O) groups excluding carboxylic acids is 2. The second-order valence-electron chi connectivity index (χ2n) is 5.25. The molecule has 0 aromatic heterocycles. The molecule has 0 aromatic carbocycles. The van der Waals surface area contributed by atoms with Gasteiger partial charge in [0.2, 0.25) is 17.6 Å². The number of ether oxygens (including phenoxy) is 3. The lowest BCUT2D eigenvalue weighted by Crippen LogP contribution is -2.55. The molecule has 3 heterocycles. The van der Waals surface area contributed by atoms with Crippen molar-refractivity contribution in [3.05, 3.63) is 12.7 Å². The average Bonchev–Trinajstić information content (AvgIpc) is 2.88. The Morgan fingerprint density at radius 1 is 1.47 bits per heavy atom. The number of amides is 2. The number of hydrogen-bond donors (Lipinski definition) is 0. The number of fused-ring (bicyclic) bond motifs is 1. The summed E-state index contributed by atoms with van der Waals surface area (Å²) in [5, 5.41) is 0. The molecule has 3 fully saturated rings. The highest BCUT2D eigenvalue weighted by Gasteiger charge is 2.74. The maximum absolute atomic E-state index is 11.7. The van der Waals surface area contributed by atoms with Crippen LogP contribution in [0.25, 0.3) is 0 Å². The number of imide groups is 1. The van der Waals surface area contributed by atoms with Gasteiger partial charge >= 0.3 is 0 Å². The Hall–Kier alpha value is -1.24. The number of nitrogens with zero attached hydrogens (tertiary/aromatic N) is 1. The summed E-state index contributed by atoms with van der Waals surface area (Å²) in [4.78, 5) is 24.7. The average molecular weight is 267 g/mol. The molecule has 6 nitrogen and oxygen atoms in total. The largest absolute Gasteiger partial charge is 0.358 e. The summed E-state index contributed by atoms with van der Waals surface area (Å²) in [7, 11) is 0. The summed E-state index contributed by atoms with van der Waals surface area (Å²) >= 11 is 0. The van der Waals surface area contributed by atoms with Crippen LogP contribution in [0.2, 0.25) is 0 Å².